The lowest BCUT2D eigenvalue weighted by Crippen LogP contribution is -2.20. The second-order valence-corrected chi connectivity index (χ2v) is 4.55. The molecule has 1 aromatic heterocycles. The van der Waals surface area contributed by atoms with Gasteiger partial charge in [-0.1, -0.05) is 17.7 Å². The van der Waals surface area contributed by atoms with Crippen LogP contribution in [0.5, 0.6) is 5.75 Å². The smallest absolute Gasteiger partial charge is 0.132 e. The molecule has 0 aliphatic rings. The first kappa shape index (κ1) is 13.6. The fourth-order valence-corrected chi connectivity index (χ4v) is 2.23. The Morgan fingerprint density at radius 2 is 2.16 bits per heavy atom. The maximum absolute atomic E-state index is 10.4. The van der Waals surface area contributed by atoms with Crippen LogP contribution in [0.3, 0.4) is 0 Å². The van der Waals surface area contributed by atoms with Crippen molar-refractivity contribution in [3.8, 4) is 5.75 Å². The number of nitrogens with two attached hydrogens (primary N) is 1. The zero-order valence-corrected chi connectivity index (χ0v) is 11.2. The molecular weight excluding hydrogens is 242 g/mol. The Morgan fingerprint density at radius 1 is 1.37 bits per heavy atom. The van der Waals surface area contributed by atoms with Crippen LogP contribution >= 0.6 is 0 Å². The maximum Gasteiger partial charge on any atom is 0.132 e. The number of methoxy groups -OCH3 is 1. The molecule has 0 spiro atoms. The summed E-state index contributed by atoms with van der Waals surface area (Å²) < 4.78 is 10.6. The van der Waals surface area contributed by atoms with Gasteiger partial charge in [-0.3, -0.25) is 0 Å². The van der Waals surface area contributed by atoms with Gasteiger partial charge in [0.15, 0.2) is 0 Å². The lowest BCUT2D eigenvalue weighted by molar-refractivity contribution is 0.120. The van der Waals surface area contributed by atoms with Crippen LogP contribution in [0, 0.1) is 6.92 Å². The molecule has 0 bridgehead atoms. The van der Waals surface area contributed by atoms with Gasteiger partial charge < -0.3 is 20.0 Å². The van der Waals surface area contributed by atoms with E-state index in [2.05, 4.69) is 0 Å². The molecule has 0 aliphatic heterocycles. The number of aliphatic hydroxyl groups is 1. The molecule has 4 nitrogen and oxygen atoms in total. The van der Waals surface area contributed by atoms with Crippen molar-refractivity contribution in [1.29, 1.82) is 0 Å². The molecule has 1 heterocycles. The molecule has 1 aromatic carbocycles. The molecular formula is C15H19NO3. The van der Waals surface area contributed by atoms with Crippen molar-refractivity contribution in [2.75, 3.05) is 13.7 Å². The fourth-order valence-electron chi connectivity index (χ4n) is 2.23. The summed E-state index contributed by atoms with van der Waals surface area (Å²) in [5, 5.41) is 10.4. The van der Waals surface area contributed by atoms with E-state index in [4.69, 9.17) is 14.9 Å². The summed E-state index contributed by atoms with van der Waals surface area (Å²) in [6.45, 7) is 2.30. The summed E-state index contributed by atoms with van der Waals surface area (Å²) >= 11 is 0. The van der Waals surface area contributed by atoms with E-state index >= 15 is 0 Å². The summed E-state index contributed by atoms with van der Waals surface area (Å²) in [6.07, 6.45) is 0.760. The fraction of sp³-hybridized carbons (Fsp3) is 0.333. The highest BCUT2D eigenvalue weighted by Crippen LogP contribution is 2.36. The van der Waals surface area contributed by atoms with Crippen LogP contribution in [-0.4, -0.2) is 18.8 Å². The van der Waals surface area contributed by atoms with E-state index in [1.807, 2.05) is 25.1 Å². The van der Waals surface area contributed by atoms with Gasteiger partial charge >= 0.3 is 0 Å². The Morgan fingerprint density at radius 3 is 2.74 bits per heavy atom. The first-order chi connectivity index (χ1) is 9.17. The highest BCUT2D eigenvalue weighted by molar-refractivity contribution is 5.40. The van der Waals surface area contributed by atoms with Crippen LogP contribution in [-0.2, 0) is 0 Å². The number of rotatable bonds is 5. The van der Waals surface area contributed by atoms with Crippen LogP contribution in [0.15, 0.2) is 41.0 Å². The lowest BCUT2D eigenvalue weighted by atomic mass is 9.90. The normalized spacial score (nSPS) is 14.1. The third-order valence-electron chi connectivity index (χ3n) is 3.25. The van der Waals surface area contributed by atoms with Crippen molar-refractivity contribution in [1.82, 2.24) is 0 Å². The summed E-state index contributed by atoms with van der Waals surface area (Å²) in [5.41, 5.74) is 7.82. The van der Waals surface area contributed by atoms with E-state index in [-0.39, 0.29) is 5.92 Å². The quantitative estimate of drug-likeness (QED) is 0.867. The minimum absolute atomic E-state index is 0.263. The Hall–Kier alpha value is -1.78. The molecule has 3 N–H and O–H groups in total. The SMILES string of the molecule is COc1ccc(C)cc1C(CN)C(O)c1ccco1. The van der Waals surface area contributed by atoms with Gasteiger partial charge in [-0.2, -0.15) is 0 Å². The van der Waals surface area contributed by atoms with Crippen molar-refractivity contribution < 1.29 is 14.3 Å². The summed E-state index contributed by atoms with van der Waals surface area (Å²) in [4.78, 5) is 0. The topological polar surface area (TPSA) is 68.6 Å². The number of furan rings is 1. The van der Waals surface area contributed by atoms with Gasteiger partial charge in [0.2, 0.25) is 0 Å². The largest absolute Gasteiger partial charge is 0.496 e. The lowest BCUT2D eigenvalue weighted by Gasteiger charge is -2.22. The molecule has 0 saturated heterocycles. The van der Waals surface area contributed by atoms with Gasteiger partial charge in [-0.15, -0.1) is 0 Å². The van der Waals surface area contributed by atoms with Crippen LogP contribution in [0.1, 0.15) is 28.9 Å². The minimum atomic E-state index is -0.782. The van der Waals surface area contributed by atoms with Crippen LogP contribution in [0.2, 0.25) is 0 Å². The van der Waals surface area contributed by atoms with E-state index < -0.39 is 6.10 Å². The van der Waals surface area contributed by atoms with E-state index in [0.29, 0.717) is 12.3 Å². The Bertz CT molecular complexity index is 522. The maximum atomic E-state index is 10.4. The minimum Gasteiger partial charge on any atom is -0.496 e. The summed E-state index contributed by atoms with van der Waals surface area (Å²) in [6, 6.07) is 9.34. The van der Waals surface area contributed by atoms with Gasteiger partial charge in [-0.05, 0) is 25.1 Å². The second-order valence-electron chi connectivity index (χ2n) is 4.55. The molecule has 0 radical (unpaired) electrons. The number of hydrogen-bond acceptors (Lipinski definition) is 4. The van der Waals surface area contributed by atoms with Gasteiger partial charge in [0.25, 0.3) is 0 Å². The third-order valence-corrected chi connectivity index (χ3v) is 3.25. The molecule has 0 saturated carbocycles. The van der Waals surface area contributed by atoms with Crippen molar-refractivity contribution in [2.24, 2.45) is 5.73 Å². The van der Waals surface area contributed by atoms with E-state index in [0.717, 1.165) is 16.9 Å². The summed E-state index contributed by atoms with van der Waals surface area (Å²) in [7, 11) is 1.61. The molecule has 2 rings (SSSR count). The molecule has 2 aromatic rings. The predicted octanol–water partition coefficient (Wildman–Crippen LogP) is 2.37. The first-order valence-corrected chi connectivity index (χ1v) is 6.23. The van der Waals surface area contributed by atoms with Crippen LogP contribution in [0.25, 0.3) is 0 Å². The standard InChI is InChI=1S/C15H19NO3/c1-10-5-6-13(18-2)11(8-10)12(9-16)15(17)14-4-3-7-19-14/h3-8,12,15,17H,9,16H2,1-2H3. The Balaban J connectivity index is 2.39. The van der Waals surface area contributed by atoms with Gasteiger partial charge in [0.1, 0.15) is 17.6 Å². The van der Waals surface area contributed by atoms with Gasteiger partial charge in [0.05, 0.1) is 13.4 Å². The predicted molar refractivity (Wildman–Crippen MR) is 73.2 cm³/mol. The average Bonchev–Trinajstić information content (AvgIpc) is 2.93. The second kappa shape index (κ2) is 5.91. The van der Waals surface area contributed by atoms with E-state index in [9.17, 15) is 5.11 Å². The zero-order valence-electron chi connectivity index (χ0n) is 11.2. The van der Waals surface area contributed by atoms with E-state index in [1.54, 1.807) is 25.5 Å². The number of hydrogen-bond donors (Lipinski definition) is 2. The molecule has 19 heavy (non-hydrogen) atoms. The molecule has 0 aliphatic carbocycles. The number of ether oxygens (including phenoxy) is 1. The highest BCUT2D eigenvalue weighted by Gasteiger charge is 2.26. The van der Waals surface area contributed by atoms with Crippen molar-refractivity contribution >= 4 is 0 Å². The van der Waals surface area contributed by atoms with E-state index in [1.165, 1.54) is 0 Å². The van der Waals surface area contributed by atoms with Crippen molar-refractivity contribution in [2.45, 2.75) is 18.9 Å². The Labute approximate surface area is 112 Å². The number of aryl methyl sites for hydroxylation is 1. The number of benzene rings is 1. The molecule has 4 heteroatoms. The van der Waals surface area contributed by atoms with Gasteiger partial charge in [-0.25, -0.2) is 0 Å². The van der Waals surface area contributed by atoms with Crippen molar-refractivity contribution in [3.05, 3.63) is 53.5 Å². The van der Waals surface area contributed by atoms with Crippen LogP contribution in [0.4, 0.5) is 0 Å². The average molecular weight is 261 g/mol. The molecule has 0 amide bonds. The monoisotopic (exact) mass is 261 g/mol. The first-order valence-electron chi connectivity index (χ1n) is 6.23. The molecule has 0 fully saturated rings. The molecule has 2 unspecified atom stereocenters. The van der Waals surface area contributed by atoms with Gasteiger partial charge in [0, 0.05) is 18.0 Å². The number of aliphatic hydroxyl groups excluding tert-OH is 1. The Kier molecular flexibility index (Phi) is 4.24. The molecule has 2 atom stereocenters. The summed E-state index contributed by atoms with van der Waals surface area (Å²) in [5.74, 6) is 0.978. The molecule has 102 valence electrons. The highest BCUT2D eigenvalue weighted by atomic mass is 16.5. The zero-order chi connectivity index (χ0) is 13.8. The third kappa shape index (κ3) is 2.80. The van der Waals surface area contributed by atoms with Crippen LogP contribution < -0.4 is 10.5 Å². The van der Waals surface area contributed by atoms with Crippen molar-refractivity contribution in [3.63, 3.8) is 0 Å².